The van der Waals surface area contributed by atoms with Gasteiger partial charge in [-0.1, -0.05) is 74.5 Å². The van der Waals surface area contributed by atoms with Crippen molar-refractivity contribution in [1.29, 1.82) is 0 Å². The van der Waals surface area contributed by atoms with Crippen LogP contribution in [0.25, 0.3) is 44.3 Å². The highest BCUT2D eigenvalue weighted by molar-refractivity contribution is 6.01. The molecular weight excluding hydrogens is 1320 g/mol. The Kier molecular flexibility index (Phi) is 24.2. The molecule has 0 bridgehead atoms. The van der Waals surface area contributed by atoms with E-state index in [1.54, 1.807) is 102 Å². The molecule has 3 aliphatic rings. The first-order valence-electron chi connectivity index (χ1n) is 35.8. The lowest BCUT2D eigenvalue weighted by Gasteiger charge is -2.27. The van der Waals surface area contributed by atoms with Crippen molar-refractivity contribution < 1.29 is 47.3 Å². The maximum absolute atomic E-state index is 15.1. The number of hydrogen-bond donors (Lipinski definition) is 8. The number of anilines is 2. The van der Waals surface area contributed by atoms with E-state index in [9.17, 15) is 33.5 Å². The molecule has 24 heteroatoms. The van der Waals surface area contributed by atoms with Gasteiger partial charge in [0.05, 0.1) is 47.7 Å². The Morgan fingerprint density at radius 2 is 0.952 bits per heavy atom. The van der Waals surface area contributed by atoms with E-state index in [0.717, 1.165) is 93.7 Å². The van der Waals surface area contributed by atoms with E-state index in [0.29, 0.717) is 133 Å². The molecule has 0 radical (unpaired) electrons. The van der Waals surface area contributed by atoms with Gasteiger partial charge in [0.25, 0.3) is 23.6 Å². The Morgan fingerprint density at radius 3 is 1.38 bits per heavy atom. The number of piperazine rings is 1. The molecule has 3 saturated heterocycles. The topological polar surface area (TPSA) is 273 Å². The summed E-state index contributed by atoms with van der Waals surface area (Å²) in [6, 6.07) is 37.6. The quantitative estimate of drug-likeness (QED) is 0.0264. The number of halogens is 2. The summed E-state index contributed by atoms with van der Waals surface area (Å²) in [7, 11) is 0. The van der Waals surface area contributed by atoms with E-state index in [1.165, 1.54) is 12.1 Å². The summed E-state index contributed by atoms with van der Waals surface area (Å²) in [5.74, 6) is -2.08. The van der Waals surface area contributed by atoms with Crippen LogP contribution >= 0.6 is 0 Å². The van der Waals surface area contributed by atoms with Crippen LogP contribution in [0.2, 0.25) is 0 Å². The van der Waals surface area contributed by atoms with Crippen molar-refractivity contribution in [3.63, 3.8) is 0 Å². The van der Waals surface area contributed by atoms with Gasteiger partial charge in [0.2, 0.25) is 5.91 Å². The molecule has 0 saturated carbocycles. The molecule has 104 heavy (non-hydrogen) atoms. The Morgan fingerprint density at radius 1 is 0.529 bits per heavy atom. The van der Waals surface area contributed by atoms with Crippen molar-refractivity contribution in [2.24, 2.45) is 0 Å². The van der Waals surface area contributed by atoms with Gasteiger partial charge >= 0.3 is 0 Å². The predicted molar refractivity (Wildman–Crippen MR) is 396 cm³/mol. The lowest BCUT2D eigenvalue weighted by atomic mass is 10.00. The summed E-state index contributed by atoms with van der Waals surface area (Å²) in [4.78, 5) is 77.5. The van der Waals surface area contributed by atoms with Gasteiger partial charge in [-0.05, 0) is 159 Å². The van der Waals surface area contributed by atoms with Crippen LogP contribution in [0.4, 0.5) is 20.2 Å². The summed E-state index contributed by atoms with van der Waals surface area (Å²) in [5.41, 5.74) is 13.6. The van der Waals surface area contributed by atoms with E-state index >= 15 is 4.39 Å². The van der Waals surface area contributed by atoms with Crippen molar-refractivity contribution in [2.45, 2.75) is 131 Å². The fourth-order valence-electron chi connectivity index (χ4n) is 13.4. The minimum atomic E-state index is -0.395. The second-order valence-electron chi connectivity index (χ2n) is 26.1. The maximum atomic E-state index is 15.1. The van der Waals surface area contributed by atoms with Crippen molar-refractivity contribution in [3.05, 3.63) is 225 Å². The molecule has 5 amide bonds. The fourth-order valence-corrected chi connectivity index (χ4v) is 13.4. The normalized spacial score (nSPS) is 14.2. The van der Waals surface area contributed by atoms with Gasteiger partial charge in [0, 0.05) is 153 Å². The third-order valence-electron chi connectivity index (χ3n) is 19.2. The highest BCUT2D eigenvalue weighted by Gasteiger charge is 2.26. The zero-order chi connectivity index (χ0) is 72.6. The van der Waals surface area contributed by atoms with Crippen LogP contribution < -0.4 is 37.2 Å². The van der Waals surface area contributed by atoms with Crippen LogP contribution in [0.15, 0.2) is 146 Å². The lowest BCUT2D eigenvalue weighted by Crippen LogP contribution is -2.47. The van der Waals surface area contributed by atoms with Crippen LogP contribution in [-0.4, -0.2) is 127 Å². The second kappa shape index (κ2) is 34.5. The molecule has 0 atom stereocenters. The molecule has 0 spiro atoms. The molecule has 0 unspecified atom stereocenters. The molecule has 8 N–H and O–H groups in total. The molecule has 3 fully saturated rings. The number of rotatable bonds is 25. The van der Waals surface area contributed by atoms with Crippen molar-refractivity contribution in [2.75, 3.05) is 56.7 Å². The smallest absolute Gasteiger partial charge is 0.251 e. The third-order valence-corrected chi connectivity index (χ3v) is 19.2. The number of aliphatic hydroxyl groups excluding tert-OH is 1. The van der Waals surface area contributed by atoms with E-state index in [1.807, 2.05) is 66.8 Å². The first-order valence-corrected chi connectivity index (χ1v) is 35.8. The molecule has 4 aromatic heterocycles. The van der Waals surface area contributed by atoms with Crippen molar-refractivity contribution in [3.8, 4) is 22.3 Å². The number of nitrogens with zero attached hydrogens (tertiary/aromatic N) is 7. The number of benzene rings is 6. The number of carbonyl (C=O) groups is 5. The summed E-state index contributed by atoms with van der Waals surface area (Å²) >= 11 is 0. The number of aryl methyl sites for hydroxylation is 4. The zero-order valence-corrected chi connectivity index (χ0v) is 59.1. The van der Waals surface area contributed by atoms with Crippen LogP contribution in [-0.2, 0) is 79.5 Å². The highest BCUT2D eigenvalue weighted by Crippen LogP contribution is 2.34. The first kappa shape index (κ1) is 73.0. The average molecular weight is 1410 g/mol. The monoisotopic (exact) mass is 1410 g/mol. The summed E-state index contributed by atoms with van der Waals surface area (Å²) in [5, 5.41) is 42.9. The minimum absolute atomic E-state index is 0.0388. The molecule has 10 aromatic rings. The Hall–Kier alpha value is -10.8. The number of fused-ring (bicyclic) bond motifs is 2. The van der Waals surface area contributed by atoms with Crippen LogP contribution in [0, 0.1) is 11.6 Å². The number of carbonyl (C=O) groups excluding carboxylic acids is 5. The highest BCUT2D eigenvalue weighted by atomic mass is 19.1. The number of ether oxygens (including phenoxy) is 2. The van der Waals surface area contributed by atoms with Gasteiger partial charge in [0.15, 0.2) is 11.3 Å². The molecule has 22 nitrogen and oxygen atoms in total. The zero-order valence-electron chi connectivity index (χ0n) is 59.1. The third kappa shape index (κ3) is 17.5. The molecule has 540 valence electrons. The summed E-state index contributed by atoms with van der Waals surface area (Å²) in [6.45, 7) is 15.1. The molecule has 3 aliphatic heterocycles. The largest absolute Gasteiger partial charge is 0.392 e. The maximum Gasteiger partial charge on any atom is 0.251 e. The summed E-state index contributed by atoms with van der Waals surface area (Å²) in [6.07, 6.45) is 8.56. The fraction of sp³-hybridized carbons (Fsp3) is 0.338. The second-order valence-corrected chi connectivity index (χ2v) is 26.1. The molecule has 0 aliphatic carbocycles. The van der Waals surface area contributed by atoms with Gasteiger partial charge in [-0.2, -0.15) is 10.2 Å². The van der Waals surface area contributed by atoms with E-state index in [-0.39, 0.29) is 80.2 Å². The molecule has 7 heterocycles. The van der Waals surface area contributed by atoms with E-state index in [2.05, 4.69) is 54.3 Å². The standard InChI is InChI=1S/C42H47FN8O4.C38H41FN6O4/c1-3-37-34(39(48-32-13-17-55-18-14-32)35-24-47-51(4-2)40(35)49-37)23-46-42(54)31-10-6-9-30(21-31)41(53)45-22-27-11-12-36(43)33(20-27)29-8-5-7-28(19-29)26-50-16-15-44-25-38(50)52;1-3-34-31(35(43-29-13-15-49-16-14-29)32-22-42-45(4-2)36(32)44-34)21-41-38(48)28-10-6-9-27(19-28)37(47)40-20-24-11-12-33(39)30(18-24)26-8-5-7-25(17-26)23-46/h5-12,19-21,24,32,44H,3-4,13-18,22-23,25-26H2,1-2H3,(H,45,53)(H,46,54)(H,48,49);5-12,17-19,22,29,46H,3-4,13-16,20-21,23H2,1-2H3,(H,40,47)(H,41,48)(H,43,44). The van der Waals surface area contributed by atoms with E-state index < -0.39 is 5.82 Å². The Balaban J connectivity index is 0.000000197. The van der Waals surface area contributed by atoms with Gasteiger partial charge in [-0.25, -0.2) is 28.1 Å². The molecule has 6 aromatic carbocycles. The lowest BCUT2D eigenvalue weighted by molar-refractivity contribution is -0.132. The summed E-state index contributed by atoms with van der Waals surface area (Å²) < 4.78 is 44.7. The van der Waals surface area contributed by atoms with Gasteiger partial charge in [-0.3, -0.25) is 24.0 Å². The van der Waals surface area contributed by atoms with Gasteiger partial charge in [0.1, 0.15) is 11.6 Å². The Labute approximate surface area is 602 Å². The number of aliphatic hydroxyl groups is 1. The molecule has 13 rings (SSSR count). The average Bonchev–Trinajstić information content (AvgIpc) is 1.58. The Bertz CT molecular complexity index is 4760. The SMILES string of the molecule is CCc1nc2c(cnn2CC)c(NC2CCOCC2)c1CNC(=O)c1cccc(C(=O)NCc2ccc(F)c(-c3cccc(CN4CCNCC4=O)c3)c2)c1.CCc1nc2c(cnn2CC)c(NC2CCOCC2)c1CNC(=O)c1cccc(C(=O)NCc2ccc(F)c(-c3cccc(CO)c3)c2)c1. The van der Waals surface area contributed by atoms with Crippen molar-refractivity contribution in [1.82, 2.24) is 61.0 Å². The van der Waals surface area contributed by atoms with Crippen LogP contribution in [0.1, 0.15) is 140 Å². The number of amides is 5. The number of hydrogen-bond acceptors (Lipinski definition) is 15. The molecular formula is C80H88F2N14O8. The van der Waals surface area contributed by atoms with Crippen LogP contribution in [0.3, 0.4) is 0 Å². The van der Waals surface area contributed by atoms with Crippen molar-refractivity contribution >= 4 is 63.0 Å². The van der Waals surface area contributed by atoms with Gasteiger partial charge < -0.3 is 56.7 Å². The number of pyridine rings is 2. The van der Waals surface area contributed by atoms with E-state index in [4.69, 9.17) is 19.4 Å². The predicted octanol–water partition coefficient (Wildman–Crippen LogP) is 11.0. The number of nitrogens with one attached hydrogen (secondary N) is 7. The minimum Gasteiger partial charge on any atom is -0.392 e. The number of aromatic nitrogens is 6. The van der Waals surface area contributed by atoms with Crippen LogP contribution in [0.5, 0.6) is 0 Å². The van der Waals surface area contributed by atoms with Gasteiger partial charge in [-0.15, -0.1) is 0 Å². The first-order chi connectivity index (χ1) is 50.7.